The highest BCUT2D eigenvalue weighted by Gasteiger charge is 2.22. The fourth-order valence-corrected chi connectivity index (χ4v) is 3.81. The Balaban J connectivity index is 1.43. The average Bonchev–Trinajstić information content (AvgIpc) is 3.54. The zero-order valence-electron chi connectivity index (χ0n) is 16.8. The first kappa shape index (κ1) is 17.9. The van der Waals surface area contributed by atoms with Gasteiger partial charge in [-0.05, 0) is 24.3 Å². The SMILES string of the molecule is Cn1cc(-n2ccc3nc(Nc4ccc5[nH]ncc5c4)nc(O[C@H]4CCOC4)c32)cn1. The van der Waals surface area contributed by atoms with Crippen molar-refractivity contribution in [3.8, 4) is 11.6 Å². The molecule has 5 aromatic rings. The minimum atomic E-state index is -0.0366. The molecule has 6 rings (SSSR count). The Bertz CT molecular complexity index is 1380. The van der Waals surface area contributed by atoms with Gasteiger partial charge in [0, 0.05) is 36.9 Å². The number of anilines is 2. The molecule has 10 nitrogen and oxygen atoms in total. The summed E-state index contributed by atoms with van der Waals surface area (Å²) in [5.74, 6) is 0.981. The number of aromatic amines is 1. The van der Waals surface area contributed by atoms with Gasteiger partial charge in [0.2, 0.25) is 11.8 Å². The number of H-pyrrole nitrogens is 1. The van der Waals surface area contributed by atoms with Crippen LogP contribution in [0.25, 0.3) is 27.6 Å². The predicted octanol–water partition coefficient (Wildman–Crippen LogP) is 2.94. The third kappa shape index (κ3) is 3.26. The summed E-state index contributed by atoms with van der Waals surface area (Å²) in [5, 5.41) is 15.6. The van der Waals surface area contributed by atoms with E-state index in [0.29, 0.717) is 25.0 Å². The molecule has 0 spiro atoms. The summed E-state index contributed by atoms with van der Waals surface area (Å²) in [4.78, 5) is 9.44. The van der Waals surface area contributed by atoms with E-state index in [-0.39, 0.29) is 6.10 Å². The molecular formula is C21H20N8O2. The van der Waals surface area contributed by atoms with Crippen molar-refractivity contribution in [2.24, 2.45) is 7.05 Å². The van der Waals surface area contributed by atoms with E-state index >= 15 is 0 Å². The molecule has 0 aliphatic carbocycles. The molecule has 1 fully saturated rings. The van der Waals surface area contributed by atoms with E-state index < -0.39 is 0 Å². The van der Waals surface area contributed by atoms with Gasteiger partial charge in [-0.2, -0.15) is 15.2 Å². The quantitative estimate of drug-likeness (QED) is 0.453. The lowest BCUT2D eigenvalue weighted by Gasteiger charge is -2.15. The second-order valence-electron chi connectivity index (χ2n) is 7.54. The zero-order chi connectivity index (χ0) is 20.8. The Morgan fingerprint density at radius 3 is 3.03 bits per heavy atom. The van der Waals surface area contributed by atoms with Crippen LogP contribution in [-0.2, 0) is 11.8 Å². The van der Waals surface area contributed by atoms with Crippen LogP contribution in [0.3, 0.4) is 0 Å². The molecule has 10 heteroatoms. The van der Waals surface area contributed by atoms with Crippen molar-refractivity contribution in [3.05, 3.63) is 49.1 Å². The lowest BCUT2D eigenvalue weighted by molar-refractivity contribution is 0.139. The van der Waals surface area contributed by atoms with Crippen LogP contribution in [-0.4, -0.2) is 53.8 Å². The van der Waals surface area contributed by atoms with Gasteiger partial charge in [-0.25, -0.2) is 4.98 Å². The number of ether oxygens (including phenoxy) is 2. The monoisotopic (exact) mass is 416 g/mol. The van der Waals surface area contributed by atoms with Crippen LogP contribution < -0.4 is 10.1 Å². The molecule has 1 aliphatic rings. The van der Waals surface area contributed by atoms with Crippen molar-refractivity contribution in [3.63, 3.8) is 0 Å². The minimum Gasteiger partial charge on any atom is -0.470 e. The third-order valence-corrected chi connectivity index (χ3v) is 5.33. The molecule has 2 N–H and O–H groups in total. The third-order valence-electron chi connectivity index (χ3n) is 5.33. The van der Waals surface area contributed by atoms with E-state index in [1.807, 2.05) is 48.3 Å². The standard InChI is InChI=1S/C21H20N8O2/c1-28-11-15(10-23-28)29-6-4-18-19(29)20(31-16-5-7-30-12-16)26-21(25-18)24-14-2-3-17-13(8-14)9-22-27-17/h2-4,6,8-11,16H,5,7,12H2,1H3,(H,22,27)(H,24,25,26)/t16-/m0/s1. The molecule has 31 heavy (non-hydrogen) atoms. The van der Waals surface area contributed by atoms with Gasteiger partial charge in [-0.15, -0.1) is 0 Å². The van der Waals surface area contributed by atoms with Crippen LogP contribution in [0.15, 0.2) is 49.1 Å². The van der Waals surface area contributed by atoms with Gasteiger partial charge in [-0.1, -0.05) is 0 Å². The summed E-state index contributed by atoms with van der Waals surface area (Å²) in [6.45, 7) is 1.25. The highest BCUT2D eigenvalue weighted by atomic mass is 16.5. The van der Waals surface area contributed by atoms with Crippen LogP contribution in [0.4, 0.5) is 11.6 Å². The fraction of sp³-hybridized carbons (Fsp3) is 0.238. The van der Waals surface area contributed by atoms with Crippen molar-refractivity contribution >= 4 is 33.6 Å². The van der Waals surface area contributed by atoms with E-state index in [1.165, 1.54) is 0 Å². The summed E-state index contributed by atoms with van der Waals surface area (Å²) in [5.41, 5.74) is 4.34. The van der Waals surface area contributed by atoms with Gasteiger partial charge < -0.3 is 19.4 Å². The summed E-state index contributed by atoms with van der Waals surface area (Å²) in [7, 11) is 1.89. The molecule has 0 saturated carbocycles. The predicted molar refractivity (Wildman–Crippen MR) is 115 cm³/mol. The molecule has 5 heterocycles. The van der Waals surface area contributed by atoms with Gasteiger partial charge in [0.1, 0.15) is 11.6 Å². The van der Waals surface area contributed by atoms with Gasteiger partial charge >= 0.3 is 0 Å². The number of hydrogen-bond acceptors (Lipinski definition) is 7. The minimum absolute atomic E-state index is 0.0366. The lowest BCUT2D eigenvalue weighted by Crippen LogP contribution is -2.17. The van der Waals surface area contributed by atoms with Crippen molar-refractivity contribution in [2.75, 3.05) is 18.5 Å². The van der Waals surface area contributed by atoms with Crippen molar-refractivity contribution < 1.29 is 9.47 Å². The van der Waals surface area contributed by atoms with Crippen molar-refractivity contribution in [1.82, 2.24) is 34.5 Å². The number of fused-ring (bicyclic) bond motifs is 2. The van der Waals surface area contributed by atoms with Crippen LogP contribution in [0.5, 0.6) is 5.88 Å². The van der Waals surface area contributed by atoms with Gasteiger partial charge in [-0.3, -0.25) is 9.78 Å². The molecule has 0 radical (unpaired) electrons. The fourth-order valence-electron chi connectivity index (χ4n) is 3.81. The number of nitrogens with one attached hydrogen (secondary N) is 2. The van der Waals surface area contributed by atoms with Gasteiger partial charge in [0.05, 0.1) is 42.3 Å². The molecule has 1 atom stereocenters. The van der Waals surface area contributed by atoms with Gasteiger partial charge in [0.15, 0.2) is 0 Å². The normalized spacial score (nSPS) is 16.4. The number of aromatic nitrogens is 7. The average molecular weight is 416 g/mol. The molecule has 0 amide bonds. The Morgan fingerprint density at radius 2 is 2.19 bits per heavy atom. The molecule has 4 aromatic heterocycles. The van der Waals surface area contributed by atoms with Crippen molar-refractivity contribution in [2.45, 2.75) is 12.5 Å². The maximum absolute atomic E-state index is 6.27. The number of rotatable bonds is 5. The topological polar surface area (TPSA) is 108 Å². The van der Waals surface area contributed by atoms with E-state index in [2.05, 4.69) is 20.6 Å². The molecular weight excluding hydrogens is 396 g/mol. The second kappa shape index (κ2) is 7.10. The van der Waals surface area contributed by atoms with Gasteiger partial charge in [0.25, 0.3) is 0 Å². The molecule has 0 unspecified atom stereocenters. The smallest absolute Gasteiger partial charge is 0.244 e. The number of benzene rings is 1. The number of nitrogens with zero attached hydrogens (tertiary/aromatic N) is 6. The zero-order valence-corrected chi connectivity index (χ0v) is 16.8. The van der Waals surface area contributed by atoms with Crippen LogP contribution in [0.1, 0.15) is 6.42 Å². The maximum Gasteiger partial charge on any atom is 0.244 e. The number of aryl methyl sites for hydroxylation is 1. The van der Waals surface area contributed by atoms with Crippen LogP contribution >= 0.6 is 0 Å². The Morgan fingerprint density at radius 1 is 1.23 bits per heavy atom. The highest BCUT2D eigenvalue weighted by Crippen LogP contribution is 2.31. The van der Waals surface area contributed by atoms with Crippen molar-refractivity contribution in [1.29, 1.82) is 0 Å². The highest BCUT2D eigenvalue weighted by molar-refractivity contribution is 5.85. The first-order valence-electron chi connectivity index (χ1n) is 10.1. The van der Waals surface area contributed by atoms with E-state index in [1.54, 1.807) is 17.1 Å². The molecule has 156 valence electrons. The summed E-state index contributed by atoms with van der Waals surface area (Å²) < 4.78 is 15.5. The van der Waals surface area contributed by atoms with E-state index in [0.717, 1.165) is 39.7 Å². The molecule has 0 bridgehead atoms. The largest absolute Gasteiger partial charge is 0.470 e. The number of hydrogen-bond donors (Lipinski definition) is 2. The second-order valence-corrected chi connectivity index (χ2v) is 7.54. The Kier molecular flexibility index (Phi) is 4.10. The van der Waals surface area contributed by atoms with Crippen LogP contribution in [0, 0.1) is 0 Å². The lowest BCUT2D eigenvalue weighted by atomic mass is 10.2. The Labute approximate surface area is 176 Å². The summed E-state index contributed by atoms with van der Waals surface area (Å²) in [6, 6.07) is 7.88. The molecule has 1 aliphatic heterocycles. The molecule has 1 aromatic carbocycles. The van der Waals surface area contributed by atoms with E-state index in [9.17, 15) is 0 Å². The van der Waals surface area contributed by atoms with E-state index in [4.69, 9.17) is 19.4 Å². The first-order valence-corrected chi connectivity index (χ1v) is 10.1. The Hall–Kier alpha value is -3.92. The summed E-state index contributed by atoms with van der Waals surface area (Å²) >= 11 is 0. The first-order chi connectivity index (χ1) is 15.2. The maximum atomic E-state index is 6.27. The molecule has 1 saturated heterocycles. The summed E-state index contributed by atoms with van der Waals surface area (Å²) in [6.07, 6.45) is 8.27. The van der Waals surface area contributed by atoms with Crippen LogP contribution in [0.2, 0.25) is 0 Å².